The third-order valence-electron chi connectivity index (χ3n) is 4.22. The van der Waals surface area contributed by atoms with E-state index in [0.717, 1.165) is 35.7 Å². The molecule has 1 aromatic carbocycles. The van der Waals surface area contributed by atoms with Gasteiger partial charge in [0.1, 0.15) is 5.75 Å². The molecule has 2 heterocycles. The predicted octanol–water partition coefficient (Wildman–Crippen LogP) is 3.24. The van der Waals surface area contributed by atoms with Gasteiger partial charge in [0, 0.05) is 30.5 Å². The van der Waals surface area contributed by atoms with E-state index < -0.39 is 0 Å². The van der Waals surface area contributed by atoms with Crippen LogP contribution < -0.4 is 9.64 Å². The number of piperidine rings is 1. The highest BCUT2D eigenvalue weighted by molar-refractivity contribution is 5.68. The number of aromatic nitrogens is 1. The topological polar surface area (TPSA) is 45.6 Å². The van der Waals surface area contributed by atoms with E-state index in [9.17, 15) is 5.11 Å². The third-order valence-corrected chi connectivity index (χ3v) is 4.22. The fourth-order valence-corrected chi connectivity index (χ4v) is 2.99. The zero-order chi connectivity index (χ0) is 15.4. The van der Waals surface area contributed by atoms with Gasteiger partial charge in [-0.15, -0.1) is 0 Å². The first kappa shape index (κ1) is 14.9. The summed E-state index contributed by atoms with van der Waals surface area (Å²) in [7, 11) is 1.63. The Kier molecular flexibility index (Phi) is 4.59. The van der Waals surface area contributed by atoms with Crippen LogP contribution >= 0.6 is 0 Å². The van der Waals surface area contributed by atoms with E-state index in [1.165, 1.54) is 24.9 Å². The van der Waals surface area contributed by atoms with Gasteiger partial charge >= 0.3 is 0 Å². The van der Waals surface area contributed by atoms with Gasteiger partial charge in [-0.05, 0) is 55.2 Å². The van der Waals surface area contributed by atoms with Crippen molar-refractivity contribution in [1.29, 1.82) is 0 Å². The zero-order valence-corrected chi connectivity index (χ0v) is 13.0. The number of rotatable bonds is 4. The van der Waals surface area contributed by atoms with E-state index in [1.54, 1.807) is 7.11 Å². The second kappa shape index (κ2) is 6.79. The molecule has 1 aromatic heterocycles. The maximum atomic E-state index is 9.62. The number of anilines is 1. The Labute approximate surface area is 131 Å². The molecule has 2 aromatic rings. The first-order chi connectivity index (χ1) is 10.8. The van der Waals surface area contributed by atoms with Crippen LogP contribution in [0.5, 0.6) is 5.75 Å². The van der Waals surface area contributed by atoms with E-state index in [2.05, 4.69) is 22.0 Å². The highest BCUT2D eigenvalue weighted by Crippen LogP contribution is 2.29. The molecule has 0 unspecified atom stereocenters. The fraction of sp³-hybridized carbons (Fsp3) is 0.389. The van der Waals surface area contributed by atoms with Crippen LogP contribution in [0, 0.1) is 0 Å². The van der Waals surface area contributed by atoms with Gasteiger partial charge in [-0.1, -0.05) is 0 Å². The summed E-state index contributed by atoms with van der Waals surface area (Å²) in [5.74, 6) is 0.750. The highest BCUT2D eigenvalue weighted by Gasteiger charge is 2.13. The number of ether oxygens (including phenoxy) is 1. The number of pyridine rings is 1. The van der Waals surface area contributed by atoms with Crippen molar-refractivity contribution in [3.8, 4) is 17.0 Å². The standard InChI is InChI=1S/C18H22N2O2/c1-22-16-5-6-17(14(11-16)13-21)18-12-15(7-8-19-18)20-9-3-2-4-10-20/h5-8,11-12,21H,2-4,9-10,13H2,1H3. The zero-order valence-electron chi connectivity index (χ0n) is 13.0. The maximum Gasteiger partial charge on any atom is 0.119 e. The van der Waals surface area contributed by atoms with Gasteiger partial charge in [0.25, 0.3) is 0 Å². The Morgan fingerprint density at radius 3 is 2.68 bits per heavy atom. The van der Waals surface area contributed by atoms with Crippen LogP contribution in [0.1, 0.15) is 24.8 Å². The molecule has 22 heavy (non-hydrogen) atoms. The molecule has 0 radical (unpaired) electrons. The van der Waals surface area contributed by atoms with Crippen LogP contribution in [0.2, 0.25) is 0 Å². The van der Waals surface area contributed by atoms with Crippen molar-refractivity contribution in [3.63, 3.8) is 0 Å². The molecule has 1 saturated heterocycles. The van der Waals surface area contributed by atoms with E-state index in [4.69, 9.17) is 4.74 Å². The molecule has 1 aliphatic rings. The van der Waals surface area contributed by atoms with E-state index >= 15 is 0 Å². The average molecular weight is 298 g/mol. The minimum atomic E-state index is -0.0256. The minimum Gasteiger partial charge on any atom is -0.497 e. The molecule has 0 saturated carbocycles. The first-order valence-corrected chi connectivity index (χ1v) is 7.81. The van der Waals surface area contributed by atoms with Gasteiger partial charge in [-0.25, -0.2) is 0 Å². The van der Waals surface area contributed by atoms with Gasteiger partial charge < -0.3 is 14.7 Å². The van der Waals surface area contributed by atoms with Crippen LogP contribution in [-0.2, 0) is 6.61 Å². The lowest BCUT2D eigenvalue weighted by molar-refractivity contribution is 0.281. The molecule has 3 rings (SSSR count). The molecule has 0 aliphatic carbocycles. The summed E-state index contributed by atoms with van der Waals surface area (Å²) in [6.07, 6.45) is 5.68. The molecule has 0 amide bonds. The Morgan fingerprint density at radius 2 is 1.95 bits per heavy atom. The van der Waals surface area contributed by atoms with Crippen molar-refractivity contribution < 1.29 is 9.84 Å². The molecule has 4 heteroatoms. The Morgan fingerprint density at radius 1 is 1.14 bits per heavy atom. The van der Waals surface area contributed by atoms with Gasteiger partial charge in [0.05, 0.1) is 19.4 Å². The number of methoxy groups -OCH3 is 1. The average Bonchev–Trinajstić information content (AvgIpc) is 2.62. The van der Waals surface area contributed by atoms with Crippen molar-refractivity contribution in [3.05, 3.63) is 42.1 Å². The predicted molar refractivity (Wildman–Crippen MR) is 88.2 cm³/mol. The van der Waals surface area contributed by atoms with Gasteiger partial charge in [-0.3, -0.25) is 4.98 Å². The minimum absolute atomic E-state index is 0.0256. The molecular weight excluding hydrogens is 276 g/mol. The number of hydrogen-bond acceptors (Lipinski definition) is 4. The van der Waals surface area contributed by atoms with Gasteiger partial charge in [0.15, 0.2) is 0 Å². The second-order valence-electron chi connectivity index (χ2n) is 5.63. The Balaban J connectivity index is 1.94. The number of aliphatic hydroxyl groups is 1. The smallest absolute Gasteiger partial charge is 0.119 e. The SMILES string of the molecule is COc1ccc(-c2cc(N3CCCCC3)ccn2)c(CO)c1. The van der Waals surface area contributed by atoms with Crippen LogP contribution in [0.15, 0.2) is 36.5 Å². The van der Waals surface area contributed by atoms with Crippen LogP contribution in [-0.4, -0.2) is 30.3 Å². The molecule has 1 aliphatic heterocycles. The first-order valence-electron chi connectivity index (χ1n) is 7.81. The summed E-state index contributed by atoms with van der Waals surface area (Å²) < 4.78 is 5.23. The molecule has 0 spiro atoms. The largest absolute Gasteiger partial charge is 0.497 e. The van der Waals surface area contributed by atoms with E-state index in [-0.39, 0.29) is 6.61 Å². The van der Waals surface area contributed by atoms with E-state index in [0.29, 0.717) is 0 Å². The molecule has 4 nitrogen and oxygen atoms in total. The maximum absolute atomic E-state index is 9.62. The number of aliphatic hydroxyl groups excluding tert-OH is 1. The van der Waals surface area contributed by atoms with Crippen molar-refractivity contribution in [2.75, 3.05) is 25.1 Å². The molecule has 1 fully saturated rings. The second-order valence-corrected chi connectivity index (χ2v) is 5.63. The van der Waals surface area contributed by atoms with E-state index in [1.807, 2.05) is 24.4 Å². The summed E-state index contributed by atoms with van der Waals surface area (Å²) in [5, 5.41) is 9.62. The third kappa shape index (κ3) is 3.07. The lowest BCUT2D eigenvalue weighted by Crippen LogP contribution is -2.29. The molecule has 1 N–H and O–H groups in total. The summed E-state index contributed by atoms with van der Waals surface area (Å²) in [6, 6.07) is 9.92. The molecule has 0 bridgehead atoms. The summed E-state index contributed by atoms with van der Waals surface area (Å²) >= 11 is 0. The normalized spacial score (nSPS) is 14.9. The highest BCUT2D eigenvalue weighted by atomic mass is 16.5. The number of benzene rings is 1. The summed E-state index contributed by atoms with van der Waals surface area (Å²) in [6.45, 7) is 2.19. The molecular formula is C18H22N2O2. The summed E-state index contributed by atoms with van der Waals surface area (Å²) in [5.41, 5.74) is 3.91. The monoisotopic (exact) mass is 298 g/mol. The van der Waals surface area contributed by atoms with Crippen LogP contribution in [0.3, 0.4) is 0 Å². The van der Waals surface area contributed by atoms with Crippen molar-refractivity contribution in [2.45, 2.75) is 25.9 Å². The quantitative estimate of drug-likeness (QED) is 0.941. The molecule has 0 atom stereocenters. The van der Waals surface area contributed by atoms with Gasteiger partial charge in [-0.2, -0.15) is 0 Å². The number of hydrogen-bond donors (Lipinski definition) is 1. The van der Waals surface area contributed by atoms with Crippen molar-refractivity contribution in [2.24, 2.45) is 0 Å². The van der Waals surface area contributed by atoms with Crippen molar-refractivity contribution >= 4 is 5.69 Å². The van der Waals surface area contributed by atoms with Gasteiger partial charge in [0.2, 0.25) is 0 Å². The van der Waals surface area contributed by atoms with Crippen LogP contribution in [0.4, 0.5) is 5.69 Å². The molecule has 116 valence electrons. The lowest BCUT2D eigenvalue weighted by Gasteiger charge is -2.29. The Hall–Kier alpha value is -2.07. The number of nitrogens with zero attached hydrogens (tertiary/aromatic N) is 2. The fourth-order valence-electron chi connectivity index (χ4n) is 2.99. The lowest BCUT2D eigenvalue weighted by atomic mass is 10.0. The summed E-state index contributed by atoms with van der Waals surface area (Å²) in [4.78, 5) is 6.90. The van der Waals surface area contributed by atoms with Crippen LogP contribution in [0.25, 0.3) is 11.3 Å². The van der Waals surface area contributed by atoms with Crippen molar-refractivity contribution in [1.82, 2.24) is 4.98 Å². The Bertz CT molecular complexity index is 637.